The number of hydrogen-bond donors (Lipinski definition) is 3. The number of rotatable bonds is 7. The number of hydrogen-bond acceptors (Lipinski definition) is 4. The second-order valence-electron chi connectivity index (χ2n) is 7.26. The quantitative estimate of drug-likeness (QED) is 0.696. The highest BCUT2D eigenvalue weighted by Gasteiger charge is 2.65. The zero-order valence-electron chi connectivity index (χ0n) is 14.2. The van der Waals surface area contributed by atoms with Gasteiger partial charge < -0.3 is 20.5 Å². The van der Waals surface area contributed by atoms with Crippen LogP contribution in [0.3, 0.4) is 0 Å². The topological polar surface area (TPSA) is 105 Å². The molecule has 0 radical (unpaired) electrons. The summed E-state index contributed by atoms with van der Waals surface area (Å²) in [5.41, 5.74) is 0.0278. The van der Waals surface area contributed by atoms with Crippen LogP contribution in [0.4, 0.5) is 5.69 Å². The number of carboxylic acids is 1. The van der Waals surface area contributed by atoms with Gasteiger partial charge in [-0.2, -0.15) is 0 Å². The molecule has 3 N–H and O–H groups in total. The molecule has 0 heterocycles. The molecule has 2 amide bonds. The second-order valence-corrected chi connectivity index (χ2v) is 7.26. The van der Waals surface area contributed by atoms with E-state index in [-0.39, 0.29) is 18.4 Å². The molecule has 1 aromatic rings. The Morgan fingerprint density at radius 3 is 2.32 bits per heavy atom. The molecule has 134 valence electrons. The molecule has 2 fully saturated rings. The minimum atomic E-state index is -0.946. The fourth-order valence-corrected chi connectivity index (χ4v) is 3.09. The maximum Gasteiger partial charge on any atom is 0.307 e. The highest BCUT2D eigenvalue weighted by atomic mass is 16.5. The first-order chi connectivity index (χ1) is 11.8. The maximum atomic E-state index is 12.3. The highest BCUT2D eigenvalue weighted by Crippen LogP contribution is 2.58. The molecule has 25 heavy (non-hydrogen) atoms. The summed E-state index contributed by atoms with van der Waals surface area (Å²) in [4.78, 5) is 35.0. The van der Waals surface area contributed by atoms with E-state index < -0.39 is 23.2 Å². The molecule has 7 heteroatoms. The van der Waals surface area contributed by atoms with E-state index >= 15 is 0 Å². The van der Waals surface area contributed by atoms with Crippen molar-refractivity contribution < 1.29 is 24.2 Å². The third-order valence-corrected chi connectivity index (χ3v) is 4.81. The van der Waals surface area contributed by atoms with E-state index in [1.165, 1.54) is 0 Å². The minimum Gasteiger partial charge on any atom is -0.484 e. The van der Waals surface area contributed by atoms with Crippen molar-refractivity contribution in [2.45, 2.75) is 32.7 Å². The zero-order valence-corrected chi connectivity index (χ0v) is 14.2. The Kier molecular flexibility index (Phi) is 4.41. The van der Waals surface area contributed by atoms with Crippen LogP contribution in [0, 0.1) is 17.3 Å². The van der Waals surface area contributed by atoms with Gasteiger partial charge in [0.05, 0.1) is 11.8 Å². The first-order valence-electron chi connectivity index (χ1n) is 8.35. The van der Waals surface area contributed by atoms with Gasteiger partial charge in [0, 0.05) is 11.7 Å². The molecule has 2 aliphatic rings. The largest absolute Gasteiger partial charge is 0.484 e. The number of amides is 2. The second kappa shape index (κ2) is 6.38. The highest BCUT2D eigenvalue weighted by molar-refractivity contribution is 5.99. The predicted molar refractivity (Wildman–Crippen MR) is 90.1 cm³/mol. The van der Waals surface area contributed by atoms with Gasteiger partial charge >= 0.3 is 5.97 Å². The summed E-state index contributed by atoms with van der Waals surface area (Å²) in [6.07, 6.45) is 2.06. The summed E-state index contributed by atoms with van der Waals surface area (Å²) in [6.45, 7) is 3.51. The van der Waals surface area contributed by atoms with Gasteiger partial charge in [0.15, 0.2) is 6.61 Å². The number of carbonyl (C=O) groups excluding carboxylic acids is 2. The van der Waals surface area contributed by atoms with E-state index in [0.717, 1.165) is 12.8 Å². The van der Waals surface area contributed by atoms with Crippen molar-refractivity contribution in [2.75, 3.05) is 11.9 Å². The van der Waals surface area contributed by atoms with Crippen LogP contribution >= 0.6 is 0 Å². The molecule has 7 nitrogen and oxygen atoms in total. The van der Waals surface area contributed by atoms with Crippen molar-refractivity contribution >= 4 is 23.5 Å². The van der Waals surface area contributed by atoms with Crippen LogP contribution in [-0.2, 0) is 14.4 Å². The number of benzene rings is 1. The third kappa shape index (κ3) is 3.92. The number of aliphatic carboxylic acids is 1. The molecular weight excluding hydrogens is 324 g/mol. The Labute approximate surface area is 145 Å². The maximum absolute atomic E-state index is 12.3. The summed E-state index contributed by atoms with van der Waals surface area (Å²) in [6, 6.07) is 6.95. The van der Waals surface area contributed by atoms with E-state index in [1.54, 1.807) is 38.1 Å². The van der Waals surface area contributed by atoms with Crippen molar-refractivity contribution in [1.82, 2.24) is 5.32 Å². The number of ether oxygens (including phenoxy) is 1. The monoisotopic (exact) mass is 346 g/mol. The van der Waals surface area contributed by atoms with E-state index in [1.807, 2.05) is 0 Å². The zero-order chi connectivity index (χ0) is 18.2. The van der Waals surface area contributed by atoms with Crippen LogP contribution < -0.4 is 15.4 Å². The van der Waals surface area contributed by atoms with E-state index in [4.69, 9.17) is 9.84 Å². The Balaban J connectivity index is 1.50. The molecule has 2 aliphatic carbocycles. The summed E-state index contributed by atoms with van der Waals surface area (Å²) >= 11 is 0. The van der Waals surface area contributed by atoms with E-state index in [9.17, 15) is 14.4 Å². The molecule has 0 bridgehead atoms. The molecule has 1 aromatic carbocycles. The lowest BCUT2D eigenvalue weighted by Crippen LogP contribution is -2.30. The third-order valence-electron chi connectivity index (χ3n) is 4.81. The molecule has 0 spiro atoms. The summed E-state index contributed by atoms with van der Waals surface area (Å²) in [5, 5.41) is 14.7. The molecule has 2 saturated carbocycles. The van der Waals surface area contributed by atoms with Crippen LogP contribution in [0.1, 0.15) is 26.7 Å². The van der Waals surface area contributed by atoms with Crippen LogP contribution in [0.25, 0.3) is 0 Å². The number of anilines is 1. The fraction of sp³-hybridized carbons (Fsp3) is 0.500. The summed E-state index contributed by atoms with van der Waals surface area (Å²) in [7, 11) is 0. The molecule has 3 rings (SSSR count). The minimum absolute atomic E-state index is 0.0429. The number of nitrogens with one attached hydrogen (secondary N) is 2. The van der Waals surface area contributed by atoms with Gasteiger partial charge in [-0.25, -0.2) is 0 Å². The number of carbonyl (C=O) groups is 3. The SMILES string of the molecule is CC1(C)[C@H](C(=O)O)[C@H]1C(=O)Nc1ccc(OCC(=O)NC2CC2)cc1. The van der Waals surface area contributed by atoms with Crippen LogP contribution in [0.2, 0.25) is 0 Å². The smallest absolute Gasteiger partial charge is 0.307 e. The fourth-order valence-electron chi connectivity index (χ4n) is 3.09. The van der Waals surface area contributed by atoms with Gasteiger partial charge in [0.25, 0.3) is 5.91 Å². The van der Waals surface area contributed by atoms with Crippen LogP contribution in [-0.4, -0.2) is 35.5 Å². The van der Waals surface area contributed by atoms with E-state index in [2.05, 4.69) is 10.6 Å². The Bertz CT molecular complexity index is 694. The van der Waals surface area contributed by atoms with E-state index in [0.29, 0.717) is 17.5 Å². The average molecular weight is 346 g/mol. The Morgan fingerprint density at radius 1 is 1.16 bits per heavy atom. The van der Waals surface area contributed by atoms with Crippen molar-refractivity contribution in [3.05, 3.63) is 24.3 Å². The lowest BCUT2D eigenvalue weighted by molar-refractivity contribution is -0.140. The predicted octanol–water partition coefficient (Wildman–Crippen LogP) is 1.64. The normalized spacial score (nSPS) is 23.4. The molecule has 0 aliphatic heterocycles. The Hall–Kier alpha value is -2.57. The summed E-state index contributed by atoms with van der Waals surface area (Å²) in [5.74, 6) is -2.05. The molecule has 2 atom stereocenters. The molecule has 0 unspecified atom stereocenters. The molecule has 0 aromatic heterocycles. The molecule has 0 saturated heterocycles. The first kappa shape index (κ1) is 17.3. The number of carboxylic acid groups (broad SMARTS) is 1. The van der Waals surface area contributed by atoms with Crippen molar-refractivity contribution in [3.63, 3.8) is 0 Å². The Morgan fingerprint density at radius 2 is 1.80 bits per heavy atom. The summed E-state index contributed by atoms with van der Waals surface area (Å²) < 4.78 is 5.40. The van der Waals surface area contributed by atoms with Crippen molar-refractivity contribution in [1.29, 1.82) is 0 Å². The van der Waals surface area contributed by atoms with Gasteiger partial charge in [0.1, 0.15) is 5.75 Å². The average Bonchev–Trinajstić information content (AvgIpc) is 3.43. The molecular formula is C18H22N2O5. The first-order valence-corrected chi connectivity index (χ1v) is 8.35. The van der Waals surface area contributed by atoms with Gasteiger partial charge in [0.2, 0.25) is 5.91 Å². The van der Waals surface area contributed by atoms with Gasteiger partial charge in [-0.15, -0.1) is 0 Å². The van der Waals surface area contributed by atoms with Gasteiger partial charge in [-0.1, -0.05) is 13.8 Å². The van der Waals surface area contributed by atoms with Crippen LogP contribution in [0.5, 0.6) is 5.75 Å². The standard InChI is InChI=1S/C18H22N2O5/c1-18(2)14(15(18)17(23)24)16(22)20-11-5-7-12(8-6-11)25-9-13(21)19-10-3-4-10/h5-8,10,14-15H,3-4,9H2,1-2H3,(H,19,21)(H,20,22)(H,23,24)/t14-,15-/m0/s1. The van der Waals surface area contributed by atoms with Crippen LogP contribution in [0.15, 0.2) is 24.3 Å². The van der Waals surface area contributed by atoms with Gasteiger partial charge in [-0.3, -0.25) is 14.4 Å². The van der Waals surface area contributed by atoms with Crippen molar-refractivity contribution in [2.24, 2.45) is 17.3 Å². The lowest BCUT2D eigenvalue weighted by atomic mass is 10.1. The lowest BCUT2D eigenvalue weighted by Gasteiger charge is -2.09. The van der Waals surface area contributed by atoms with Gasteiger partial charge in [-0.05, 0) is 42.5 Å². The van der Waals surface area contributed by atoms with Crippen molar-refractivity contribution in [3.8, 4) is 5.75 Å².